The molecule has 4 rings (SSSR count). The van der Waals surface area contributed by atoms with Crippen LogP contribution >= 0.6 is 11.8 Å². The van der Waals surface area contributed by atoms with E-state index in [-0.39, 0.29) is 10.9 Å². The second kappa shape index (κ2) is 7.76. The van der Waals surface area contributed by atoms with Crippen LogP contribution in [0.25, 0.3) is 17.0 Å². The molecule has 1 aromatic heterocycles. The van der Waals surface area contributed by atoms with Gasteiger partial charge in [-0.1, -0.05) is 12.1 Å². The summed E-state index contributed by atoms with van der Waals surface area (Å²) < 4.78 is 7.38. The smallest absolute Gasteiger partial charge is 0.290 e. The summed E-state index contributed by atoms with van der Waals surface area (Å²) in [7, 11) is 0. The number of carbonyl (C=O) groups is 2. The fraction of sp³-hybridized carbons (Fsp3) is 0.105. The van der Waals surface area contributed by atoms with Crippen LogP contribution in [0.1, 0.15) is 5.56 Å². The fourth-order valence-electron chi connectivity index (χ4n) is 2.78. The zero-order valence-corrected chi connectivity index (χ0v) is 15.7. The molecule has 1 N–H and O–H groups in total. The van der Waals surface area contributed by atoms with Crippen molar-refractivity contribution in [3.05, 3.63) is 69.2 Å². The molecule has 0 saturated carbocycles. The minimum atomic E-state index is -0.435. The highest BCUT2D eigenvalue weighted by molar-refractivity contribution is 8.18. The van der Waals surface area contributed by atoms with E-state index in [1.807, 2.05) is 0 Å². The van der Waals surface area contributed by atoms with E-state index in [0.29, 0.717) is 34.7 Å². The molecule has 0 unspecified atom stereocenters. The number of fused-ring (bicyclic) bond motifs is 1. The van der Waals surface area contributed by atoms with Crippen LogP contribution in [0.5, 0.6) is 5.75 Å². The maximum atomic E-state index is 11.6. The third-order valence-electron chi connectivity index (χ3n) is 4.16. The van der Waals surface area contributed by atoms with Crippen molar-refractivity contribution in [3.63, 3.8) is 0 Å². The number of nitrogens with one attached hydrogen (secondary N) is 1. The molecule has 2 aromatic carbocycles. The lowest BCUT2D eigenvalue weighted by atomic mass is 10.2. The number of nitrogens with zero attached hydrogens (tertiary/aromatic N) is 3. The molecule has 1 aliphatic heterocycles. The van der Waals surface area contributed by atoms with Gasteiger partial charge in [0.2, 0.25) is 0 Å². The first-order chi connectivity index (χ1) is 14.0. The van der Waals surface area contributed by atoms with Crippen molar-refractivity contribution in [2.75, 3.05) is 6.61 Å². The molecule has 9 nitrogen and oxygen atoms in total. The number of non-ortho nitro benzene ring substituents is 1. The number of aromatic nitrogens is 2. The Balaban J connectivity index is 1.35. The van der Waals surface area contributed by atoms with Crippen molar-refractivity contribution in [3.8, 4) is 5.75 Å². The van der Waals surface area contributed by atoms with Crippen LogP contribution in [0.3, 0.4) is 0 Å². The first-order valence-electron chi connectivity index (χ1n) is 8.57. The summed E-state index contributed by atoms with van der Waals surface area (Å²) in [6.07, 6.45) is 3.38. The Kier molecular flexibility index (Phi) is 5.00. The first-order valence-corrected chi connectivity index (χ1v) is 9.39. The quantitative estimate of drug-likeness (QED) is 0.376. The van der Waals surface area contributed by atoms with Gasteiger partial charge in [0.25, 0.3) is 16.8 Å². The molecule has 0 radical (unpaired) electrons. The maximum absolute atomic E-state index is 11.6. The van der Waals surface area contributed by atoms with Gasteiger partial charge in [0.05, 0.1) is 21.9 Å². The molecule has 0 bridgehead atoms. The highest BCUT2D eigenvalue weighted by Crippen LogP contribution is 2.26. The number of hydrogen-bond acceptors (Lipinski definition) is 7. The van der Waals surface area contributed by atoms with Gasteiger partial charge >= 0.3 is 0 Å². The summed E-state index contributed by atoms with van der Waals surface area (Å²) in [5.74, 6) is 0.261. The molecule has 10 heteroatoms. The molecule has 1 aliphatic rings. The first kappa shape index (κ1) is 18.7. The van der Waals surface area contributed by atoms with Crippen LogP contribution < -0.4 is 10.1 Å². The molecule has 2 amide bonds. The van der Waals surface area contributed by atoms with Crippen LogP contribution in [0.4, 0.5) is 10.5 Å². The zero-order valence-electron chi connectivity index (χ0n) is 14.9. The molecule has 3 aromatic rings. The van der Waals surface area contributed by atoms with E-state index in [9.17, 15) is 19.7 Å². The molecular formula is C19H14N4O5S. The minimum absolute atomic E-state index is 0.0289. The fourth-order valence-corrected chi connectivity index (χ4v) is 3.46. The van der Waals surface area contributed by atoms with Crippen molar-refractivity contribution in [1.29, 1.82) is 0 Å². The highest BCUT2D eigenvalue weighted by Gasteiger charge is 2.24. The lowest BCUT2D eigenvalue weighted by molar-refractivity contribution is -0.384. The Bertz CT molecular complexity index is 1150. The largest absolute Gasteiger partial charge is 0.492 e. The Morgan fingerprint density at radius 3 is 2.69 bits per heavy atom. The second-order valence-corrected chi connectivity index (χ2v) is 7.18. The summed E-state index contributed by atoms with van der Waals surface area (Å²) in [5, 5.41) is 17.8. The zero-order chi connectivity index (χ0) is 20.4. The van der Waals surface area contributed by atoms with E-state index in [4.69, 9.17) is 4.74 Å². The minimum Gasteiger partial charge on any atom is -0.492 e. The molecule has 2 heterocycles. The Morgan fingerprint density at radius 1 is 1.21 bits per heavy atom. The van der Waals surface area contributed by atoms with Gasteiger partial charge in [0, 0.05) is 23.7 Å². The maximum Gasteiger partial charge on any atom is 0.290 e. The van der Waals surface area contributed by atoms with Crippen molar-refractivity contribution in [1.82, 2.24) is 15.1 Å². The summed E-state index contributed by atoms with van der Waals surface area (Å²) in [5.41, 5.74) is 1.49. The molecule has 0 aliphatic carbocycles. The topological polar surface area (TPSA) is 116 Å². The SMILES string of the molecule is O=C1NC(=O)/C(=C\c2ccc(OCCn3cc4cc([N+](=O)[O-])ccc4n3)cc2)S1. The second-order valence-electron chi connectivity index (χ2n) is 6.16. The summed E-state index contributed by atoms with van der Waals surface area (Å²) >= 11 is 0.871. The molecule has 0 spiro atoms. The monoisotopic (exact) mass is 410 g/mol. The van der Waals surface area contributed by atoms with Gasteiger partial charge < -0.3 is 4.74 Å². The van der Waals surface area contributed by atoms with E-state index in [1.54, 1.807) is 47.3 Å². The lowest BCUT2D eigenvalue weighted by Crippen LogP contribution is -2.17. The van der Waals surface area contributed by atoms with Gasteiger partial charge in [-0.25, -0.2) is 0 Å². The number of thioether (sulfide) groups is 1. The highest BCUT2D eigenvalue weighted by atomic mass is 32.2. The number of carbonyl (C=O) groups excluding carboxylic acids is 2. The number of nitro groups is 1. The summed E-state index contributed by atoms with van der Waals surface area (Å²) in [4.78, 5) is 33.5. The number of imide groups is 1. The molecule has 0 atom stereocenters. The van der Waals surface area contributed by atoms with Crippen molar-refractivity contribution >= 4 is 45.6 Å². The number of ether oxygens (including phenoxy) is 1. The third kappa shape index (κ3) is 4.27. The van der Waals surface area contributed by atoms with E-state index >= 15 is 0 Å². The standard InChI is InChI=1S/C19H14N4O5S/c24-18-17(29-19(25)20-18)9-12-1-4-15(5-2-12)28-8-7-22-11-13-10-14(23(26)27)3-6-16(13)21-22/h1-6,9-11H,7-8H2,(H,20,24,25)/b17-9+. The molecule has 1 saturated heterocycles. The van der Waals surface area contributed by atoms with E-state index in [1.165, 1.54) is 12.1 Å². The Morgan fingerprint density at radius 2 is 2.00 bits per heavy atom. The van der Waals surface area contributed by atoms with Gasteiger partial charge in [0.15, 0.2) is 0 Å². The predicted molar refractivity (Wildman–Crippen MR) is 107 cm³/mol. The number of hydrogen-bond donors (Lipinski definition) is 1. The van der Waals surface area contributed by atoms with Crippen molar-refractivity contribution < 1.29 is 19.2 Å². The average Bonchev–Trinajstić information content (AvgIpc) is 3.24. The number of nitro benzene ring substituents is 1. The average molecular weight is 410 g/mol. The molecule has 29 heavy (non-hydrogen) atoms. The van der Waals surface area contributed by atoms with Crippen LogP contribution in [0.2, 0.25) is 0 Å². The third-order valence-corrected chi connectivity index (χ3v) is 4.97. The Labute approximate surface area is 168 Å². The number of rotatable bonds is 6. The van der Waals surface area contributed by atoms with Crippen LogP contribution in [0.15, 0.2) is 53.6 Å². The van der Waals surface area contributed by atoms with Gasteiger partial charge in [0.1, 0.15) is 12.4 Å². The van der Waals surface area contributed by atoms with Gasteiger partial charge in [-0.15, -0.1) is 0 Å². The van der Waals surface area contributed by atoms with E-state index < -0.39 is 10.8 Å². The van der Waals surface area contributed by atoms with Crippen molar-refractivity contribution in [2.45, 2.75) is 6.54 Å². The lowest BCUT2D eigenvalue weighted by Gasteiger charge is -2.06. The van der Waals surface area contributed by atoms with E-state index in [0.717, 1.165) is 17.3 Å². The van der Waals surface area contributed by atoms with Gasteiger partial charge in [-0.2, -0.15) is 5.10 Å². The van der Waals surface area contributed by atoms with Crippen LogP contribution in [0, 0.1) is 10.1 Å². The number of amides is 2. The normalized spacial score (nSPS) is 15.1. The number of benzene rings is 2. The molecular weight excluding hydrogens is 396 g/mol. The van der Waals surface area contributed by atoms with Gasteiger partial charge in [-0.3, -0.25) is 29.7 Å². The van der Waals surface area contributed by atoms with Crippen LogP contribution in [-0.2, 0) is 11.3 Å². The van der Waals surface area contributed by atoms with E-state index in [2.05, 4.69) is 10.4 Å². The summed E-state index contributed by atoms with van der Waals surface area (Å²) in [6.45, 7) is 0.844. The predicted octanol–water partition coefficient (Wildman–Crippen LogP) is 3.35. The Hall–Kier alpha value is -3.66. The van der Waals surface area contributed by atoms with Crippen LogP contribution in [-0.4, -0.2) is 32.5 Å². The van der Waals surface area contributed by atoms with Crippen molar-refractivity contribution in [2.24, 2.45) is 0 Å². The summed E-state index contributed by atoms with van der Waals surface area (Å²) in [6, 6.07) is 11.7. The molecule has 146 valence electrons. The molecule has 1 fully saturated rings. The van der Waals surface area contributed by atoms with Gasteiger partial charge in [-0.05, 0) is 41.6 Å².